The second-order valence-electron chi connectivity index (χ2n) is 9.45. The number of anilines is 2. The van der Waals surface area contributed by atoms with Crippen molar-refractivity contribution in [3.8, 4) is 5.75 Å². The molecule has 216 valence electrons. The van der Waals surface area contributed by atoms with E-state index in [1.807, 2.05) is 6.92 Å². The third kappa shape index (κ3) is 6.92. The molecule has 2 aromatic carbocycles. The van der Waals surface area contributed by atoms with Crippen molar-refractivity contribution in [2.75, 3.05) is 37.6 Å². The van der Waals surface area contributed by atoms with E-state index in [9.17, 15) is 18.0 Å². The van der Waals surface area contributed by atoms with Gasteiger partial charge < -0.3 is 26.4 Å². The maximum atomic E-state index is 13.7. The summed E-state index contributed by atoms with van der Waals surface area (Å²) in [6, 6.07) is 6.63. The van der Waals surface area contributed by atoms with Gasteiger partial charge in [-0.15, -0.1) is 0 Å². The van der Waals surface area contributed by atoms with Gasteiger partial charge in [0.15, 0.2) is 0 Å². The summed E-state index contributed by atoms with van der Waals surface area (Å²) in [6.07, 6.45) is -1.51. The number of rotatable bonds is 10. The first kappa shape index (κ1) is 30.5. The molecule has 3 rings (SSSR count). The number of nitrogens with one attached hydrogen (secondary N) is 1. The number of amides is 1. The lowest BCUT2D eigenvalue weighted by Gasteiger charge is -2.22. The molecule has 0 aliphatic rings. The van der Waals surface area contributed by atoms with Crippen LogP contribution in [-0.2, 0) is 19.8 Å². The van der Waals surface area contributed by atoms with Crippen LogP contribution in [0.4, 0.5) is 24.5 Å². The van der Waals surface area contributed by atoms with E-state index >= 15 is 0 Å². The zero-order chi connectivity index (χ0) is 29.8. The highest BCUT2D eigenvalue weighted by Gasteiger charge is 2.33. The Hall–Kier alpha value is -4.07. The lowest BCUT2D eigenvalue weighted by Crippen LogP contribution is -2.27. The number of benzene rings is 2. The maximum Gasteiger partial charge on any atom is 0.416 e. The Morgan fingerprint density at radius 3 is 2.50 bits per heavy atom. The lowest BCUT2D eigenvalue weighted by molar-refractivity contribution is -0.137. The predicted octanol–water partition coefficient (Wildman–Crippen LogP) is 3.34. The summed E-state index contributed by atoms with van der Waals surface area (Å²) in [7, 11) is 4.86. The molecular formula is C27H35F3N8O2. The molecule has 0 saturated heterocycles. The summed E-state index contributed by atoms with van der Waals surface area (Å²) in [6.45, 7) is 4.59. The maximum absolute atomic E-state index is 13.7. The molecule has 0 atom stereocenters. The molecule has 0 unspecified atom stereocenters. The first-order valence-electron chi connectivity index (χ1n) is 12.4. The average molecular weight is 561 g/mol. The van der Waals surface area contributed by atoms with E-state index in [-0.39, 0.29) is 29.1 Å². The number of methoxy groups -OCH3 is 1. The molecule has 0 aliphatic carbocycles. The molecule has 0 fully saturated rings. The van der Waals surface area contributed by atoms with Gasteiger partial charge in [-0.2, -0.15) is 18.3 Å². The van der Waals surface area contributed by atoms with Gasteiger partial charge in [0.25, 0.3) is 5.91 Å². The molecular weight excluding hydrogens is 525 g/mol. The first-order valence-corrected chi connectivity index (χ1v) is 12.4. The lowest BCUT2D eigenvalue weighted by atomic mass is 10.1. The molecule has 0 bridgehead atoms. The summed E-state index contributed by atoms with van der Waals surface area (Å²) in [5.41, 5.74) is 14.3. The van der Waals surface area contributed by atoms with Gasteiger partial charge in [0, 0.05) is 55.3 Å². The number of nitrogens with two attached hydrogens (primary N) is 3. The Balaban J connectivity index is 1.96. The van der Waals surface area contributed by atoms with E-state index in [1.54, 1.807) is 48.9 Å². The number of halogens is 3. The van der Waals surface area contributed by atoms with E-state index in [2.05, 4.69) is 10.4 Å². The standard InChI is InChI=1S/C27H35F3N8O2/c1-16-6-7-18(11-24(16)38(33)15-22(32)21-13-34-37(4)17(21)2)26(39)35-23-12-20(27(28,29)30)10-19(25(23)40-5)14-36(3)9-8-31/h6-7,10-13,15H,8-9,14,31-33H2,1-5H3,(H,35,39)/b22-15-. The van der Waals surface area contributed by atoms with Crippen LogP contribution in [0.1, 0.15) is 38.3 Å². The fourth-order valence-electron chi connectivity index (χ4n) is 4.19. The van der Waals surface area contributed by atoms with Gasteiger partial charge in [-0.25, -0.2) is 5.84 Å². The number of hydrazine groups is 1. The number of ether oxygens (including phenoxy) is 1. The van der Waals surface area contributed by atoms with Crippen LogP contribution in [0.15, 0.2) is 42.7 Å². The van der Waals surface area contributed by atoms with E-state index in [0.717, 1.165) is 23.4 Å². The number of carbonyl (C=O) groups excluding carboxylic acids is 1. The second kappa shape index (κ2) is 12.4. The van der Waals surface area contributed by atoms with Crippen LogP contribution in [-0.4, -0.2) is 47.8 Å². The Labute approximate surface area is 231 Å². The third-order valence-electron chi connectivity index (χ3n) is 6.47. The fourth-order valence-corrected chi connectivity index (χ4v) is 4.19. The summed E-state index contributed by atoms with van der Waals surface area (Å²) in [5.74, 6) is 5.76. The number of aryl methyl sites for hydroxylation is 2. The Morgan fingerprint density at radius 2 is 1.93 bits per heavy atom. The van der Waals surface area contributed by atoms with Gasteiger partial charge in [-0.3, -0.25) is 14.5 Å². The van der Waals surface area contributed by atoms with Crippen LogP contribution in [0.5, 0.6) is 5.75 Å². The number of alkyl halides is 3. The highest BCUT2D eigenvalue weighted by atomic mass is 19.4. The van der Waals surface area contributed by atoms with Crippen molar-refractivity contribution < 1.29 is 22.7 Å². The zero-order valence-electron chi connectivity index (χ0n) is 23.1. The van der Waals surface area contributed by atoms with Crippen LogP contribution in [0.25, 0.3) is 5.70 Å². The molecule has 10 nitrogen and oxygen atoms in total. The fraction of sp³-hybridized carbons (Fsp3) is 0.333. The van der Waals surface area contributed by atoms with Crippen LogP contribution >= 0.6 is 0 Å². The number of hydrogen-bond acceptors (Lipinski definition) is 8. The predicted molar refractivity (Wildman–Crippen MR) is 149 cm³/mol. The van der Waals surface area contributed by atoms with Crippen molar-refractivity contribution in [3.63, 3.8) is 0 Å². The van der Waals surface area contributed by atoms with Crippen LogP contribution in [0, 0.1) is 13.8 Å². The smallest absolute Gasteiger partial charge is 0.416 e. The van der Waals surface area contributed by atoms with Crippen molar-refractivity contribution in [2.45, 2.75) is 26.6 Å². The molecule has 7 N–H and O–H groups in total. The van der Waals surface area contributed by atoms with E-state index in [1.165, 1.54) is 24.4 Å². The largest absolute Gasteiger partial charge is 0.494 e. The van der Waals surface area contributed by atoms with Crippen LogP contribution in [0.3, 0.4) is 0 Å². The minimum atomic E-state index is -4.64. The van der Waals surface area contributed by atoms with Gasteiger partial charge in [0.05, 0.1) is 35.9 Å². The number of aromatic nitrogens is 2. The monoisotopic (exact) mass is 560 g/mol. The minimum absolute atomic E-state index is 0.110. The summed E-state index contributed by atoms with van der Waals surface area (Å²) < 4.78 is 48.3. The molecule has 3 aromatic rings. The van der Waals surface area contributed by atoms with Crippen LogP contribution < -0.4 is 32.4 Å². The molecule has 0 spiro atoms. The molecule has 0 aliphatic heterocycles. The van der Waals surface area contributed by atoms with E-state index in [4.69, 9.17) is 22.0 Å². The van der Waals surface area contributed by atoms with Crippen molar-refractivity contribution >= 4 is 23.0 Å². The highest BCUT2D eigenvalue weighted by molar-refractivity contribution is 6.06. The molecule has 0 saturated carbocycles. The van der Waals surface area contributed by atoms with Crippen LogP contribution in [0.2, 0.25) is 0 Å². The number of likely N-dealkylation sites (N-methyl/N-ethyl adjacent to an activating group) is 1. The van der Waals surface area contributed by atoms with E-state index in [0.29, 0.717) is 30.0 Å². The van der Waals surface area contributed by atoms with Crippen molar-refractivity contribution in [3.05, 3.63) is 76.2 Å². The molecule has 0 radical (unpaired) electrons. The summed E-state index contributed by atoms with van der Waals surface area (Å²) >= 11 is 0. The molecule has 1 aromatic heterocycles. The average Bonchev–Trinajstić information content (AvgIpc) is 3.21. The molecule has 40 heavy (non-hydrogen) atoms. The molecule has 1 heterocycles. The topological polar surface area (TPSA) is 141 Å². The number of hydrogen-bond donors (Lipinski definition) is 4. The third-order valence-corrected chi connectivity index (χ3v) is 6.47. The Morgan fingerprint density at radius 1 is 1.23 bits per heavy atom. The molecule has 13 heteroatoms. The second-order valence-corrected chi connectivity index (χ2v) is 9.45. The van der Waals surface area contributed by atoms with Gasteiger partial charge >= 0.3 is 6.18 Å². The highest BCUT2D eigenvalue weighted by Crippen LogP contribution is 2.38. The van der Waals surface area contributed by atoms with Gasteiger partial charge in [0.1, 0.15) is 5.75 Å². The van der Waals surface area contributed by atoms with E-state index < -0.39 is 17.6 Å². The van der Waals surface area contributed by atoms with Crippen molar-refractivity contribution in [1.82, 2.24) is 14.7 Å². The normalized spacial score (nSPS) is 12.1. The summed E-state index contributed by atoms with van der Waals surface area (Å²) in [4.78, 5) is 15.0. The van der Waals surface area contributed by atoms with Crippen molar-refractivity contribution in [1.29, 1.82) is 0 Å². The Kier molecular flexibility index (Phi) is 9.45. The zero-order valence-corrected chi connectivity index (χ0v) is 23.1. The SMILES string of the molecule is COc1c(CN(C)CCN)cc(C(F)(F)F)cc1NC(=O)c1ccc(C)c(N(N)/C=C(\N)c2cnn(C)c2C)c1. The van der Waals surface area contributed by atoms with Gasteiger partial charge in [-0.05, 0) is 50.7 Å². The van der Waals surface area contributed by atoms with Crippen molar-refractivity contribution in [2.24, 2.45) is 24.4 Å². The minimum Gasteiger partial charge on any atom is -0.494 e. The van der Waals surface area contributed by atoms with Gasteiger partial charge in [0.2, 0.25) is 0 Å². The first-order chi connectivity index (χ1) is 18.8. The van der Waals surface area contributed by atoms with Gasteiger partial charge in [-0.1, -0.05) is 6.07 Å². The summed E-state index contributed by atoms with van der Waals surface area (Å²) in [5, 5.41) is 8.04. The molecule has 1 amide bonds. The number of carbonyl (C=O) groups is 1. The Bertz CT molecular complexity index is 1400. The number of nitrogens with zero attached hydrogens (tertiary/aromatic N) is 4. The quantitative estimate of drug-likeness (QED) is 0.219.